The normalized spacial score (nSPS) is 14.6. The minimum atomic E-state index is -0.609. The SMILES string of the molecule is CN1CCN(C(=O)N(Cc2ccc(C(=O)CN)cc2F)c2ccc3cnn(C)c3c2)CC1.COC(=O)c1ccc(CN(C(=O)N2CCN(C)CC2)c2ccc3cnn(C)c3c2)c(F)c1. The number of ketones is 1. The third-order valence-corrected chi connectivity index (χ3v) is 11.8. The molecule has 0 spiro atoms. The molecule has 2 aliphatic heterocycles. The summed E-state index contributed by atoms with van der Waals surface area (Å²) in [7, 11) is 8.97. The third-order valence-electron chi connectivity index (χ3n) is 11.8. The van der Waals surface area contributed by atoms with Gasteiger partial charge in [0, 0.05) is 105 Å². The average Bonchev–Trinajstić information content (AvgIpc) is 3.88. The van der Waals surface area contributed by atoms with Crippen LogP contribution in [0, 0.1) is 11.6 Å². The van der Waals surface area contributed by atoms with Crippen LogP contribution in [-0.4, -0.2) is 143 Å². The minimum Gasteiger partial charge on any atom is -0.465 e. The van der Waals surface area contributed by atoms with E-state index in [1.165, 1.54) is 25.3 Å². The fourth-order valence-electron chi connectivity index (χ4n) is 7.70. The summed E-state index contributed by atoms with van der Waals surface area (Å²) in [6, 6.07) is 19.4. The van der Waals surface area contributed by atoms with Crippen LogP contribution in [0.4, 0.5) is 29.7 Å². The Hall–Kier alpha value is -6.76. The Kier molecular flexibility index (Phi) is 14.0. The van der Waals surface area contributed by atoms with E-state index in [0.29, 0.717) is 48.7 Å². The number of nitrogens with two attached hydrogens (primary N) is 1. The Morgan fingerprint density at radius 1 is 0.609 bits per heavy atom. The number of aromatic nitrogens is 4. The first kappa shape index (κ1) is 45.3. The number of esters is 1. The predicted molar refractivity (Wildman–Crippen MR) is 240 cm³/mol. The Labute approximate surface area is 369 Å². The zero-order valence-electron chi connectivity index (χ0n) is 36.7. The number of carbonyl (C=O) groups excluding carboxylic acids is 4. The third kappa shape index (κ3) is 10.0. The topological polar surface area (TPSA) is 159 Å². The lowest BCUT2D eigenvalue weighted by atomic mass is 10.1. The van der Waals surface area contributed by atoms with Crippen molar-refractivity contribution in [2.75, 3.05) is 89.9 Å². The summed E-state index contributed by atoms with van der Waals surface area (Å²) < 4.78 is 37.9. The molecule has 2 aliphatic rings. The van der Waals surface area contributed by atoms with Crippen molar-refractivity contribution in [3.8, 4) is 0 Å². The molecule has 4 amide bonds. The van der Waals surface area contributed by atoms with Gasteiger partial charge in [-0.15, -0.1) is 0 Å². The van der Waals surface area contributed by atoms with Gasteiger partial charge in [-0.05, 0) is 68.7 Å². The first-order valence-corrected chi connectivity index (χ1v) is 21.0. The van der Waals surface area contributed by atoms with E-state index >= 15 is 0 Å². The van der Waals surface area contributed by atoms with Gasteiger partial charge in [-0.1, -0.05) is 18.2 Å². The Morgan fingerprint density at radius 3 is 1.44 bits per heavy atom. The number of methoxy groups -OCH3 is 1. The maximum atomic E-state index is 14.9. The molecule has 0 unspecified atom stereocenters. The van der Waals surface area contributed by atoms with Crippen molar-refractivity contribution in [1.29, 1.82) is 0 Å². The molecule has 18 heteroatoms. The molecule has 2 aromatic heterocycles. The molecule has 0 atom stereocenters. The number of hydrogen-bond acceptors (Lipinski definition) is 10. The number of fused-ring (bicyclic) bond motifs is 2. The largest absolute Gasteiger partial charge is 0.465 e. The fraction of sp³-hybridized carbons (Fsp3) is 0.348. The molecule has 2 fully saturated rings. The summed E-state index contributed by atoms with van der Waals surface area (Å²) in [6.45, 7) is 5.42. The van der Waals surface area contributed by atoms with Crippen LogP contribution < -0.4 is 15.5 Å². The molecular formula is C46H53F2N11O5. The number of amides is 4. The van der Waals surface area contributed by atoms with Crippen LogP contribution in [-0.2, 0) is 31.9 Å². The summed E-state index contributed by atoms with van der Waals surface area (Å²) in [5.74, 6) is -2.04. The number of benzene rings is 4. The number of likely N-dealkylation sites (N-methyl/N-ethyl adjacent to an activating group) is 2. The van der Waals surface area contributed by atoms with E-state index in [2.05, 4.69) is 24.7 Å². The lowest BCUT2D eigenvalue weighted by Gasteiger charge is -2.36. The number of aryl methyl sites for hydroxylation is 2. The van der Waals surface area contributed by atoms with E-state index in [9.17, 15) is 28.0 Å². The van der Waals surface area contributed by atoms with Gasteiger partial charge in [0.25, 0.3) is 0 Å². The van der Waals surface area contributed by atoms with Gasteiger partial charge in [0.2, 0.25) is 0 Å². The lowest BCUT2D eigenvalue weighted by molar-refractivity contribution is 0.0600. The predicted octanol–water partition coefficient (Wildman–Crippen LogP) is 5.10. The zero-order chi connectivity index (χ0) is 45.7. The molecule has 16 nitrogen and oxygen atoms in total. The fourth-order valence-corrected chi connectivity index (χ4v) is 7.70. The number of anilines is 2. The molecule has 0 saturated carbocycles. The highest BCUT2D eigenvalue weighted by Crippen LogP contribution is 2.28. The second kappa shape index (κ2) is 19.7. The van der Waals surface area contributed by atoms with Crippen molar-refractivity contribution >= 4 is 57.0 Å². The number of halogens is 2. The van der Waals surface area contributed by atoms with Crippen LogP contribution >= 0.6 is 0 Å². The van der Waals surface area contributed by atoms with Gasteiger partial charge in [-0.2, -0.15) is 10.2 Å². The van der Waals surface area contributed by atoms with Crippen LogP contribution in [0.5, 0.6) is 0 Å². The highest BCUT2D eigenvalue weighted by atomic mass is 19.1. The molecule has 0 aliphatic carbocycles. The lowest BCUT2D eigenvalue weighted by Crippen LogP contribution is -2.52. The molecule has 0 radical (unpaired) electrons. The number of nitrogens with zero attached hydrogens (tertiary/aromatic N) is 10. The molecule has 2 N–H and O–H groups in total. The van der Waals surface area contributed by atoms with Crippen LogP contribution in [0.2, 0.25) is 0 Å². The van der Waals surface area contributed by atoms with Gasteiger partial charge in [-0.3, -0.25) is 24.0 Å². The molecule has 0 bridgehead atoms. The maximum Gasteiger partial charge on any atom is 0.337 e. The number of ether oxygens (including phenoxy) is 1. The Bertz CT molecular complexity index is 2490. The standard InChI is InChI=1S/C23H27FN6O2.C23H26FN5O3/c1-27-7-9-29(10-8-27)23(32)30(19-6-5-17-14-26-28(2)21(17)12-19)15-18-4-3-16(11-20(18)24)22(31)13-25;1-26-8-10-28(11-9-26)23(31)29(19-7-6-17-14-25-27(2)21(17)13-19)15-18-5-4-16(12-20(18)24)22(30)32-3/h3-6,11-12,14H,7-10,13,15,25H2,1-2H3;4-7,12-14H,8-11,15H2,1-3H3. The molecule has 64 heavy (non-hydrogen) atoms. The molecule has 2 saturated heterocycles. The summed E-state index contributed by atoms with van der Waals surface area (Å²) in [5, 5.41) is 10.4. The zero-order valence-corrected chi connectivity index (χ0v) is 36.7. The second-order valence-electron chi connectivity index (χ2n) is 16.1. The number of Topliss-reactive ketones (excluding diaryl/α,β-unsaturated/α-hetero) is 1. The van der Waals surface area contributed by atoms with Gasteiger partial charge in [0.05, 0.1) is 55.7 Å². The van der Waals surface area contributed by atoms with Crippen LogP contribution in [0.1, 0.15) is 31.8 Å². The Balaban J connectivity index is 0.000000191. The molecule has 336 valence electrons. The highest BCUT2D eigenvalue weighted by molar-refractivity contribution is 5.98. The van der Waals surface area contributed by atoms with Gasteiger partial charge in [0.1, 0.15) is 11.6 Å². The van der Waals surface area contributed by atoms with Crippen molar-refractivity contribution < 1.29 is 32.7 Å². The summed E-state index contributed by atoms with van der Waals surface area (Å²) in [6.07, 6.45) is 3.52. The van der Waals surface area contributed by atoms with E-state index in [4.69, 9.17) is 5.73 Å². The Morgan fingerprint density at radius 2 is 1.03 bits per heavy atom. The van der Waals surface area contributed by atoms with E-state index in [1.54, 1.807) is 53.5 Å². The second-order valence-corrected chi connectivity index (χ2v) is 16.1. The molecule has 4 heterocycles. The number of hydrogen-bond donors (Lipinski definition) is 1. The first-order chi connectivity index (χ1) is 30.7. The average molecular weight is 878 g/mol. The van der Waals surface area contributed by atoms with Crippen molar-refractivity contribution in [3.05, 3.63) is 119 Å². The van der Waals surface area contributed by atoms with Gasteiger partial charge in [-0.25, -0.2) is 23.2 Å². The number of piperazine rings is 2. The van der Waals surface area contributed by atoms with Crippen molar-refractivity contribution in [2.24, 2.45) is 19.8 Å². The van der Waals surface area contributed by atoms with Crippen molar-refractivity contribution in [2.45, 2.75) is 13.1 Å². The number of carbonyl (C=O) groups is 4. The van der Waals surface area contributed by atoms with E-state index in [0.717, 1.165) is 54.1 Å². The molecule has 8 rings (SSSR count). The van der Waals surface area contributed by atoms with Gasteiger partial charge in [0.15, 0.2) is 5.78 Å². The van der Waals surface area contributed by atoms with E-state index < -0.39 is 17.6 Å². The van der Waals surface area contributed by atoms with Crippen LogP contribution in [0.15, 0.2) is 85.2 Å². The molecule has 4 aromatic carbocycles. The van der Waals surface area contributed by atoms with E-state index in [-0.39, 0.29) is 48.6 Å². The summed E-state index contributed by atoms with van der Waals surface area (Å²) >= 11 is 0. The minimum absolute atomic E-state index is 0.0296. The quantitative estimate of drug-likeness (QED) is 0.153. The van der Waals surface area contributed by atoms with Crippen molar-refractivity contribution in [3.63, 3.8) is 0 Å². The monoisotopic (exact) mass is 877 g/mol. The van der Waals surface area contributed by atoms with Gasteiger partial charge < -0.3 is 30.1 Å². The summed E-state index contributed by atoms with van der Waals surface area (Å²) in [5.41, 5.74) is 9.44. The first-order valence-electron chi connectivity index (χ1n) is 21.0. The molecular weight excluding hydrogens is 825 g/mol. The summed E-state index contributed by atoms with van der Waals surface area (Å²) in [4.78, 5) is 61.6. The smallest absolute Gasteiger partial charge is 0.337 e. The van der Waals surface area contributed by atoms with Gasteiger partial charge >= 0.3 is 18.0 Å². The van der Waals surface area contributed by atoms with Crippen LogP contribution in [0.25, 0.3) is 21.8 Å². The van der Waals surface area contributed by atoms with Crippen molar-refractivity contribution in [1.82, 2.24) is 39.2 Å². The number of urea groups is 2. The highest BCUT2D eigenvalue weighted by Gasteiger charge is 2.29. The number of rotatable bonds is 9. The maximum absolute atomic E-state index is 14.9. The molecule has 6 aromatic rings. The van der Waals surface area contributed by atoms with E-state index in [1.807, 2.05) is 64.6 Å². The van der Waals surface area contributed by atoms with Crippen LogP contribution in [0.3, 0.4) is 0 Å².